The van der Waals surface area contributed by atoms with Gasteiger partial charge in [0.05, 0.1) is 17.4 Å². The molecule has 1 aromatic carbocycles. The number of sulfonamides is 1. The molecule has 2 N–H and O–H groups in total. The molecule has 0 atom stereocenters. The molecule has 0 unspecified atom stereocenters. The molecule has 6 nitrogen and oxygen atoms in total. The topological polar surface area (TPSA) is 92.7 Å². The Labute approximate surface area is 105 Å². The van der Waals surface area contributed by atoms with E-state index in [4.69, 9.17) is 5.11 Å². The number of hydrogen-bond donors (Lipinski definition) is 2. The van der Waals surface area contributed by atoms with Gasteiger partial charge in [0.15, 0.2) is 0 Å². The average Bonchev–Trinajstić information content (AvgIpc) is 3.10. The summed E-state index contributed by atoms with van der Waals surface area (Å²) in [6, 6.07) is 5.82. The molecular formula is C11H13NO5S. The minimum Gasteiger partial charge on any atom is -0.481 e. The molecule has 0 amide bonds. The Balaban J connectivity index is 2.29. The predicted octanol–water partition coefficient (Wildman–Crippen LogP) is 0.642. The number of carbonyl (C=O) groups is 1. The molecule has 0 radical (unpaired) electrons. The maximum Gasteiger partial charge on any atom is 0.314 e. The lowest BCUT2D eigenvalue weighted by Crippen LogP contribution is -2.23. The van der Waals surface area contributed by atoms with Crippen molar-refractivity contribution in [2.75, 3.05) is 7.11 Å². The Morgan fingerprint density at radius 2 is 1.89 bits per heavy atom. The zero-order valence-corrected chi connectivity index (χ0v) is 10.5. The zero-order valence-electron chi connectivity index (χ0n) is 9.71. The first-order valence-corrected chi connectivity index (χ1v) is 6.79. The monoisotopic (exact) mass is 271 g/mol. The molecule has 0 saturated heterocycles. The summed E-state index contributed by atoms with van der Waals surface area (Å²) in [5.41, 5.74) is -0.192. The summed E-state index contributed by atoms with van der Waals surface area (Å²) in [7, 11) is -2.49. The summed E-state index contributed by atoms with van der Waals surface area (Å²) in [4.78, 5) is 17.4. The maximum atomic E-state index is 11.6. The molecule has 7 heteroatoms. The fourth-order valence-electron chi connectivity index (χ4n) is 1.86. The molecule has 0 bridgehead atoms. The minimum atomic E-state index is -3.69. The van der Waals surface area contributed by atoms with E-state index < -0.39 is 21.4 Å². The van der Waals surface area contributed by atoms with E-state index in [1.54, 1.807) is 0 Å². The fraction of sp³-hybridized carbons (Fsp3) is 0.364. The minimum absolute atomic E-state index is 0.0364. The van der Waals surface area contributed by atoms with Crippen LogP contribution in [0, 0.1) is 0 Å². The van der Waals surface area contributed by atoms with E-state index >= 15 is 0 Å². The lowest BCUT2D eigenvalue weighted by atomic mass is 9.96. The van der Waals surface area contributed by atoms with Gasteiger partial charge in [0.1, 0.15) is 0 Å². The number of carboxylic acids is 1. The van der Waals surface area contributed by atoms with Crippen LogP contribution in [-0.2, 0) is 25.1 Å². The van der Waals surface area contributed by atoms with Crippen molar-refractivity contribution in [3.63, 3.8) is 0 Å². The SMILES string of the molecule is CONS(=O)(=O)c1ccc(C2(C(=O)O)CC2)cc1. The Kier molecular flexibility index (Phi) is 3.14. The third-order valence-electron chi connectivity index (χ3n) is 3.07. The lowest BCUT2D eigenvalue weighted by molar-refractivity contribution is -0.140. The third-order valence-corrected chi connectivity index (χ3v) is 4.35. The second-order valence-corrected chi connectivity index (χ2v) is 5.85. The molecule has 1 fully saturated rings. The van der Waals surface area contributed by atoms with Crippen LogP contribution < -0.4 is 4.89 Å². The van der Waals surface area contributed by atoms with Crippen LogP contribution in [0.5, 0.6) is 0 Å². The van der Waals surface area contributed by atoms with Gasteiger partial charge in [0, 0.05) is 0 Å². The second kappa shape index (κ2) is 4.34. The summed E-state index contributed by atoms with van der Waals surface area (Å²) >= 11 is 0. The summed E-state index contributed by atoms with van der Waals surface area (Å²) < 4.78 is 23.2. The van der Waals surface area contributed by atoms with Gasteiger partial charge in [-0.1, -0.05) is 17.0 Å². The van der Waals surface area contributed by atoms with E-state index in [1.165, 1.54) is 31.4 Å². The van der Waals surface area contributed by atoms with Crippen LogP contribution in [0.4, 0.5) is 0 Å². The van der Waals surface area contributed by atoms with E-state index in [0.29, 0.717) is 18.4 Å². The van der Waals surface area contributed by atoms with E-state index in [0.717, 1.165) is 0 Å². The number of carboxylic acid groups (broad SMARTS) is 1. The van der Waals surface area contributed by atoms with Crippen LogP contribution >= 0.6 is 0 Å². The Morgan fingerprint density at radius 3 is 2.28 bits per heavy atom. The van der Waals surface area contributed by atoms with Crippen LogP contribution in [0.15, 0.2) is 29.2 Å². The molecule has 98 valence electrons. The van der Waals surface area contributed by atoms with Gasteiger partial charge in [-0.15, -0.1) is 0 Å². The van der Waals surface area contributed by atoms with Crippen LogP contribution in [0.3, 0.4) is 0 Å². The molecule has 1 aliphatic carbocycles. The van der Waals surface area contributed by atoms with E-state index in [9.17, 15) is 13.2 Å². The number of aliphatic carboxylic acids is 1. The molecule has 1 saturated carbocycles. The first-order valence-electron chi connectivity index (χ1n) is 5.31. The van der Waals surface area contributed by atoms with Gasteiger partial charge in [-0.3, -0.25) is 9.63 Å². The molecule has 0 spiro atoms. The van der Waals surface area contributed by atoms with Gasteiger partial charge in [0.2, 0.25) is 0 Å². The second-order valence-electron chi connectivity index (χ2n) is 4.20. The van der Waals surface area contributed by atoms with Gasteiger partial charge in [0.25, 0.3) is 10.0 Å². The zero-order chi connectivity index (χ0) is 13.4. The van der Waals surface area contributed by atoms with Crippen LogP contribution in [-0.4, -0.2) is 26.6 Å². The average molecular weight is 271 g/mol. The highest BCUT2D eigenvalue weighted by Crippen LogP contribution is 2.48. The molecule has 0 aliphatic heterocycles. The maximum absolute atomic E-state index is 11.6. The molecule has 18 heavy (non-hydrogen) atoms. The van der Waals surface area contributed by atoms with Gasteiger partial charge < -0.3 is 5.11 Å². The smallest absolute Gasteiger partial charge is 0.314 e. The van der Waals surface area contributed by atoms with Crippen molar-refractivity contribution in [2.24, 2.45) is 0 Å². The molecule has 1 aromatic rings. The van der Waals surface area contributed by atoms with Gasteiger partial charge in [-0.2, -0.15) is 0 Å². The fourth-order valence-corrected chi connectivity index (χ4v) is 2.67. The standard InChI is InChI=1S/C11H13NO5S/c1-17-12-18(15,16)9-4-2-8(3-5-9)11(6-7-11)10(13)14/h2-5,12H,6-7H2,1H3,(H,13,14). The summed E-state index contributed by atoms with van der Waals surface area (Å²) in [5.74, 6) is -0.867. The van der Waals surface area contributed by atoms with Crippen LogP contribution in [0.25, 0.3) is 0 Å². The molecular weight excluding hydrogens is 258 g/mol. The van der Waals surface area contributed by atoms with Crippen molar-refractivity contribution < 1.29 is 23.2 Å². The van der Waals surface area contributed by atoms with Crippen molar-refractivity contribution in [1.82, 2.24) is 4.89 Å². The van der Waals surface area contributed by atoms with Crippen molar-refractivity contribution in [2.45, 2.75) is 23.2 Å². The first kappa shape index (κ1) is 13.0. The number of nitrogens with one attached hydrogen (secondary N) is 1. The summed E-state index contributed by atoms with van der Waals surface area (Å²) in [6.07, 6.45) is 1.18. The van der Waals surface area contributed by atoms with Crippen molar-refractivity contribution in [3.8, 4) is 0 Å². The predicted molar refractivity (Wildman–Crippen MR) is 62.3 cm³/mol. The molecule has 2 rings (SSSR count). The number of hydrogen-bond acceptors (Lipinski definition) is 4. The molecule has 0 heterocycles. The van der Waals surface area contributed by atoms with E-state index in [-0.39, 0.29) is 4.90 Å². The summed E-state index contributed by atoms with van der Waals surface area (Å²) in [6.45, 7) is 0. The van der Waals surface area contributed by atoms with Gasteiger partial charge in [-0.25, -0.2) is 8.42 Å². The number of benzene rings is 1. The van der Waals surface area contributed by atoms with Crippen LogP contribution in [0.2, 0.25) is 0 Å². The number of rotatable bonds is 5. The highest BCUT2D eigenvalue weighted by atomic mass is 32.2. The normalized spacial score (nSPS) is 17.4. The Morgan fingerprint density at radius 1 is 1.33 bits per heavy atom. The Hall–Kier alpha value is -1.44. The van der Waals surface area contributed by atoms with Crippen molar-refractivity contribution >= 4 is 16.0 Å². The third kappa shape index (κ3) is 2.12. The van der Waals surface area contributed by atoms with Crippen molar-refractivity contribution in [1.29, 1.82) is 0 Å². The van der Waals surface area contributed by atoms with E-state index in [1.807, 2.05) is 4.89 Å². The summed E-state index contributed by atoms with van der Waals surface area (Å²) in [5, 5.41) is 9.12. The highest BCUT2D eigenvalue weighted by Gasteiger charge is 2.51. The molecule has 1 aliphatic rings. The highest BCUT2D eigenvalue weighted by molar-refractivity contribution is 7.89. The largest absolute Gasteiger partial charge is 0.481 e. The van der Waals surface area contributed by atoms with E-state index in [2.05, 4.69) is 4.84 Å². The van der Waals surface area contributed by atoms with Gasteiger partial charge >= 0.3 is 5.97 Å². The quantitative estimate of drug-likeness (QED) is 0.767. The molecule has 0 aromatic heterocycles. The first-order chi connectivity index (χ1) is 8.42. The van der Waals surface area contributed by atoms with Crippen molar-refractivity contribution in [3.05, 3.63) is 29.8 Å². The lowest BCUT2D eigenvalue weighted by Gasteiger charge is -2.11. The Bertz CT molecular complexity index is 560. The van der Waals surface area contributed by atoms with Gasteiger partial charge in [-0.05, 0) is 30.5 Å². The van der Waals surface area contributed by atoms with Crippen LogP contribution in [0.1, 0.15) is 18.4 Å².